The van der Waals surface area contributed by atoms with Crippen LogP contribution in [-0.2, 0) is 15.7 Å². The maximum Gasteiger partial charge on any atom is 0.417 e. The molecule has 31 heavy (non-hydrogen) atoms. The highest BCUT2D eigenvalue weighted by atomic mass is 127. The highest BCUT2D eigenvalue weighted by Crippen LogP contribution is 2.29. The van der Waals surface area contributed by atoms with Crippen LogP contribution in [0.15, 0.2) is 23.3 Å². The number of nitrogens with one attached hydrogen (secondary N) is 1. The van der Waals surface area contributed by atoms with Gasteiger partial charge in [-0.05, 0) is 32.3 Å². The third kappa shape index (κ3) is 10.2. The number of methoxy groups -OCH3 is 1. The SMILES string of the molecule is CCNC(=NCCOc1ccc(C(F)(F)F)cn1)N1CCC(OCCCOC)CC1.I. The van der Waals surface area contributed by atoms with Crippen molar-refractivity contribution >= 4 is 29.9 Å². The van der Waals surface area contributed by atoms with Gasteiger partial charge in [-0.1, -0.05) is 0 Å². The predicted molar refractivity (Wildman–Crippen MR) is 123 cm³/mol. The molecule has 7 nitrogen and oxygen atoms in total. The lowest BCUT2D eigenvalue weighted by Gasteiger charge is -2.34. The van der Waals surface area contributed by atoms with Crippen LogP contribution in [0, 0.1) is 0 Å². The van der Waals surface area contributed by atoms with Crippen LogP contribution >= 0.6 is 24.0 Å². The van der Waals surface area contributed by atoms with Crippen LogP contribution < -0.4 is 10.1 Å². The number of hydrogen-bond donors (Lipinski definition) is 1. The zero-order chi connectivity index (χ0) is 21.8. The molecule has 0 saturated carbocycles. The van der Waals surface area contributed by atoms with E-state index in [4.69, 9.17) is 14.2 Å². The topological polar surface area (TPSA) is 68.2 Å². The molecule has 1 aromatic rings. The van der Waals surface area contributed by atoms with Crippen LogP contribution in [-0.4, -0.2) is 75.1 Å². The van der Waals surface area contributed by atoms with Gasteiger partial charge in [-0.3, -0.25) is 0 Å². The molecule has 0 aromatic carbocycles. The molecule has 0 radical (unpaired) electrons. The number of likely N-dealkylation sites (tertiary alicyclic amines) is 1. The molecule has 1 saturated heterocycles. The van der Waals surface area contributed by atoms with Crippen molar-refractivity contribution in [3.05, 3.63) is 23.9 Å². The van der Waals surface area contributed by atoms with E-state index in [1.165, 1.54) is 6.07 Å². The van der Waals surface area contributed by atoms with E-state index >= 15 is 0 Å². The fraction of sp³-hybridized carbons (Fsp3) is 0.700. The van der Waals surface area contributed by atoms with Gasteiger partial charge in [-0.2, -0.15) is 13.2 Å². The lowest BCUT2D eigenvalue weighted by molar-refractivity contribution is -0.137. The van der Waals surface area contributed by atoms with Crippen molar-refractivity contribution in [3.8, 4) is 5.88 Å². The number of ether oxygens (including phenoxy) is 3. The second-order valence-electron chi connectivity index (χ2n) is 6.87. The summed E-state index contributed by atoms with van der Waals surface area (Å²) >= 11 is 0. The molecule has 11 heteroatoms. The second kappa shape index (κ2) is 14.7. The molecule has 0 spiro atoms. The molecule has 0 amide bonds. The lowest BCUT2D eigenvalue weighted by atomic mass is 10.1. The summed E-state index contributed by atoms with van der Waals surface area (Å²) in [5.74, 6) is 0.953. The molecule has 1 N–H and O–H groups in total. The van der Waals surface area contributed by atoms with Crippen molar-refractivity contribution in [3.63, 3.8) is 0 Å². The third-order valence-electron chi connectivity index (χ3n) is 4.59. The Balaban J connectivity index is 0.00000480. The number of guanidine groups is 1. The van der Waals surface area contributed by atoms with Gasteiger partial charge in [0, 0.05) is 52.2 Å². The summed E-state index contributed by atoms with van der Waals surface area (Å²) in [6.45, 7) is 6.47. The van der Waals surface area contributed by atoms with Crippen molar-refractivity contribution in [1.82, 2.24) is 15.2 Å². The Kier molecular flexibility index (Phi) is 13.1. The second-order valence-corrected chi connectivity index (χ2v) is 6.87. The van der Waals surface area contributed by atoms with Gasteiger partial charge in [0.25, 0.3) is 0 Å². The molecule has 0 unspecified atom stereocenters. The molecule has 0 aliphatic carbocycles. The Morgan fingerprint density at radius 3 is 2.55 bits per heavy atom. The molecule has 2 heterocycles. The van der Waals surface area contributed by atoms with E-state index in [-0.39, 0.29) is 42.6 Å². The monoisotopic (exact) mass is 560 g/mol. The van der Waals surface area contributed by atoms with Gasteiger partial charge in [-0.25, -0.2) is 9.98 Å². The Morgan fingerprint density at radius 2 is 1.97 bits per heavy atom. The van der Waals surface area contributed by atoms with Gasteiger partial charge in [0.05, 0.1) is 18.2 Å². The van der Waals surface area contributed by atoms with Crippen LogP contribution in [0.5, 0.6) is 5.88 Å². The van der Waals surface area contributed by atoms with Crippen LogP contribution in [0.4, 0.5) is 13.2 Å². The Morgan fingerprint density at radius 1 is 1.23 bits per heavy atom. The van der Waals surface area contributed by atoms with Crippen molar-refractivity contribution in [2.45, 2.75) is 38.5 Å². The molecule has 178 valence electrons. The number of nitrogens with zero attached hydrogens (tertiary/aromatic N) is 3. The fourth-order valence-electron chi connectivity index (χ4n) is 3.05. The molecule has 2 rings (SSSR count). The molecular formula is C20H32F3IN4O3. The summed E-state index contributed by atoms with van der Waals surface area (Å²) in [7, 11) is 1.69. The van der Waals surface area contributed by atoms with Crippen molar-refractivity contribution < 1.29 is 27.4 Å². The first kappa shape index (κ1) is 27.7. The summed E-state index contributed by atoms with van der Waals surface area (Å²) in [6.07, 6.45) is -0.611. The van der Waals surface area contributed by atoms with E-state index < -0.39 is 11.7 Å². The van der Waals surface area contributed by atoms with Crippen LogP contribution in [0.1, 0.15) is 31.7 Å². The van der Waals surface area contributed by atoms with E-state index in [1.807, 2.05) is 6.92 Å². The number of rotatable bonds is 10. The smallest absolute Gasteiger partial charge is 0.417 e. The van der Waals surface area contributed by atoms with Crippen LogP contribution in [0.25, 0.3) is 0 Å². The number of aliphatic imine (C=N–C) groups is 1. The largest absolute Gasteiger partial charge is 0.476 e. The van der Waals surface area contributed by atoms with Gasteiger partial charge in [-0.15, -0.1) is 24.0 Å². The zero-order valence-electron chi connectivity index (χ0n) is 18.0. The maximum atomic E-state index is 12.6. The molecule has 1 aromatic heterocycles. The van der Waals surface area contributed by atoms with Crippen molar-refractivity contribution in [2.75, 3.05) is 53.1 Å². The van der Waals surface area contributed by atoms with E-state index in [2.05, 4.69) is 20.2 Å². The maximum absolute atomic E-state index is 12.6. The van der Waals surface area contributed by atoms with Gasteiger partial charge in [0.2, 0.25) is 5.88 Å². The Bertz CT molecular complexity index is 640. The number of halogens is 4. The van der Waals surface area contributed by atoms with Gasteiger partial charge in [0.1, 0.15) is 6.61 Å². The van der Waals surface area contributed by atoms with E-state index in [0.717, 1.165) is 57.1 Å². The quantitative estimate of drug-likeness (QED) is 0.204. The minimum atomic E-state index is -4.40. The van der Waals surface area contributed by atoms with Crippen LogP contribution in [0.2, 0.25) is 0 Å². The first-order valence-electron chi connectivity index (χ1n) is 10.2. The van der Waals surface area contributed by atoms with E-state index in [9.17, 15) is 13.2 Å². The molecule has 1 aliphatic rings. The molecule has 0 bridgehead atoms. The summed E-state index contributed by atoms with van der Waals surface area (Å²) < 4.78 is 54.0. The van der Waals surface area contributed by atoms with Gasteiger partial charge in [0.15, 0.2) is 5.96 Å². The van der Waals surface area contributed by atoms with Crippen molar-refractivity contribution in [2.24, 2.45) is 4.99 Å². The molecule has 0 atom stereocenters. The fourth-order valence-corrected chi connectivity index (χ4v) is 3.05. The number of aromatic nitrogens is 1. The Labute approximate surface area is 198 Å². The Hall–Kier alpha value is -1.34. The first-order chi connectivity index (χ1) is 14.4. The van der Waals surface area contributed by atoms with E-state index in [0.29, 0.717) is 19.8 Å². The van der Waals surface area contributed by atoms with Crippen molar-refractivity contribution in [1.29, 1.82) is 0 Å². The average Bonchev–Trinajstić information content (AvgIpc) is 2.74. The summed E-state index contributed by atoms with van der Waals surface area (Å²) in [6, 6.07) is 2.17. The highest BCUT2D eigenvalue weighted by Gasteiger charge is 2.30. The minimum Gasteiger partial charge on any atom is -0.476 e. The minimum absolute atomic E-state index is 0. The average molecular weight is 560 g/mol. The lowest BCUT2D eigenvalue weighted by Crippen LogP contribution is -2.47. The normalized spacial score (nSPS) is 15.5. The highest BCUT2D eigenvalue weighted by molar-refractivity contribution is 14.0. The number of pyridine rings is 1. The third-order valence-corrected chi connectivity index (χ3v) is 4.59. The summed E-state index contributed by atoms with van der Waals surface area (Å²) in [5.41, 5.74) is -0.798. The standard InChI is InChI=1S/C20H31F3N4O3.HI/c1-3-24-19(27-10-7-17(8-11-27)29-13-4-12-28-2)25-9-14-30-18-6-5-16(15-26-18)20(21,22)23;/h5-6,15,17H,3-4,7-14H2,1-2H3,(H,24,25);1H. The molecule has 1 fully saturated rings. The van der Waals surface area contributed by atoms with E-state index in [1.54, 1.807) is 7.11 Å². The predicted octanol–water partition coefficient (Wildman–Crippen LogP) is 3.58. The van der Waals surface area contributed by atoms with Gasteiger partial charge >= 0.3 is 6.18 Å². The van der Waals surface area contributed by atoms with Gasteiger partial charge < -0.3 is 24.4 Å². The summed E-state index contributed by atoms with van der Waals surface area (Å²) in [5, 5.41) is 3.27. The zero-order valence-corrected chi connectivity index (χ0v) is 20.3. The number of hydrogen-bond acceptors (Lipinski definition) is 5. The van der Waals surface area contributed by atoms with Crippen LogP contribution in [0.3, 0.4) is 0 Å². The summed E-state index contributed by atoms with van der Waals surface area (Å²) in [4.78, 5) is 10.4. The number of alkyl halides is 3. The molecule has 1 aliphatic heterocycles. The molecular weight excluding hydrogens is 528 g/mol. The number of piperidine rings is 1. The first-order valence-corrected chi connectivity index (χ1v) is 10.2.